The number of pyridine rings is 1. The van der Waals surface area contributed by atoms with Crippen molar-refractivity contribution in [3.63, 3.8) is 0 Å². The summed E-state index contributed by atoms with van der Waals surface area (Å²) in [5, 5.41) is 7.49. The van der Waals surface area contributed by atoms with E-state index in [-0.39, 0.29) is 17.9 Å². The number of fused-ring (bicyclic) bond motifs is 1. The molecule has 0 aliphatic heterocycles. The van der Waals surface area contributed by atoms with Crippen LogP contribution in [0, 0.1) is 6.92 Å². The molecule has 0 aliphatic rings. The second-order valence-corrected chi connectivity index (χ2v) is 5.78. The lowest BCUT2D eigenvalue weighted by atomic mass is 10.1. The number of carbonyl (C=O) groups excluding carboxylic acids is 1. The van der Waals surface area contributed by atoms with Crippen LogP contribution in [0.1, 0.15) is 17.0 Å². The minimum atomic E-state index is -0.165. The molecule has 2 N–H and O–H groups in total. The van der Waals surface area contributed by atoms with E-state index in [1.807, 2.05) is 18.2 Å². The number of aryl methyl sites for hydroxylation is 1. The molecule has 0 spiro atoms. The molecule has 0 fully saturated rings. The SMILES string of the molecule is COc1ccc2cc(CCNC(=O)Cc3cc(C)on3)c(=O)[nH]c2c1. The highest BCUT2D eigenvalue weighted by Crippen LogP contribution is 2.18. The van der Waals surface area contributed by atoms with E-state index in [1.165, 1.54) is 0 Å². The highest BCUT2D eigenvalue weighted by atomic mass is 16.5. The number of hydrogen-bond acceptors (Lipinski definition) is 5. The summed E-state index contributed by atoms with van der Waals surface area (Å²) in [4.78, 5) is 26.9. The Morgan fingerprint density at radius 2 is 2.16 bits per heavy atom. The molecule has 7 heteroatoms. The summed E-state index contributed by atoms with van der Waals surface area (Å²) in [7, 11) is 1.58. The largest absolute Gasteiger partial charge is 0.497 e. The normalized spacial score (nSPS) is 10.8. The predicted molar refractivity (Wildman–Crippen MR) is 92.8 cm³/mol. The van der Waals surface area contributed by atoms with Crippen LogP contribution < -0.4 is 15.6 Å². The average Bonchev–Trinajstić information content (AvgIpc) is 2.99. The van der Waals surface area contributed by atoms with Crippen molar-refractivity contribution >= 4 is 16.8 Å². The molecule has 2 heterocycles. The number of carbonyl (C=O) groups is 1. The number of methoxy groups -OCH3 is 1. The molecular formula is C18H19N3O4. The van der Waals surface area contributed by atoms with Crippen molar-refractivity contribution in [3.05, 3.63) is 57.7 Å². The molecule has 3 aromatic rings. The molecule has 0 bridgehead atoms. The zero-order valence-electron chi connectivity index (χ0n) is 14.1. The molecule has 3 rings (SSSR count). The number of rotatable bonds is 6. The Hall–Kier alpha value is -3.09. The van der Waals surface area contributed by atoms with Crippen LogP contribution in [-0.2, 0) is 17.6 Å². The van der Waals surface area contributed by atoms with Crippen LogP contribution in [-0.4, -0.2) is 29.7 Å². The number of benzene rings is 1. The Morgan fingerprint density at radius 3 is 2.88 bits per heavy atom. The van der Waals surface area contributed by atoms with Gasteiger partial charge < -0.3 is 19.6 Å². The molecule has 0 saturated heterocycles. The van der Waals surface area contributed by atoms with E-state index in [4.69, 9.17) is 9.26 Å². The maximum absolute atomic E-state index is 12.2. The maximum Gasteiger partial charge on any atom is 0.251 e. The maximum atomic E-state index is 12.2. The van der Waals surface area contributed by atoms with E-state index in [0.717, 1.165) is 10.9 Å². The van der Waals surface area contributed by atoms with Gasteiger partial charge in [-0.15, -0.1) is 0 Å². The number of amides is 1. The second kappa shape index (κ2) is 7.21. The van der Waals surface area contributed by atoms with Crippen molar-refractivity contribution in [3.8, 4) is 5.75 Å². The van der Waals surface area contributed by atoms with Crippen molar-refractivity contribution < 1.29 is 14.1 Å². The van der Waals surface area contributed by atoms with E-state index < -0.39 is 0 Å². The number of ether oxygens (including phenoxy) is 1. The van der Waals surface area contributed by atoms with Gasteiger partial charge in [0.05, 0.1) is 24.7 Å². The van der Waals surface area contributed by atoms with Gasteiger partial charge in [0, 0.05) is 24.2 Å². The molecule has 7 nitrogen and oxygen atoms in total. The highest BCUT2D eigenvalue weighted by molar-refractivity contribution is 5.80. The summed E-state index contributed by atoms with van der Waals surface area (Å²) >= 11 is 0. The summed E-state index contributed by atoms with van der Waals surface area (Å²) in [6, 6.07) is 9.07. The fourth-order valence-corrected chi connectivity index (χ4v) is 2.60. The molecule has 1 amide bonds. The van der Waals surface area contributed by atoms with Gasteiger partial charge in [0.2, 0.25) is 5.91 Å². The molecule has 0 saturated carbocycles. The lowest BCUT2D eigenvalue weighted by molar-refractivity contribution is -0.120. The third-order valence-corrected chi connectivity index (χ3v) is 3.86. The second-order valence-electron chi connectivity index (χ2n) is 5.78. The van der Waals surface area contributed by atoms with Gasteiger partial charge in [0.15, 0.2) is 0 Å². The highest BCUT2D eigenvalue weighted by Gasteiger charge is 2.08. The van der Waals surface area contributed by atoms with Crippen molar-refractivity contribution in [1.29, 1.82) is 0 Å². The van der Waals surface area contributed by atoms with Gasteiger partial charge in [-0.3, -0.25) is 9.59 Å². The van der Waals surface area contributed by atoms with Crippen LogP contribution in [0.5, 0.6) is 5.75 Å². The van der Waals surface area contributed by atoms with Crippen LogP contribution >= 0.6 is 0 Å². The third-order valence-electron chi connectivity index (χ3n) is 3.86. The van der Waals surface area contributed by atoms with Gasteiger partial charge in [-0.1, -0.05) is 5.16 Å². The van der Waals surface area contributed by atoms with Gasteiger partial charge in [-0.2, -0.15) is 0 Å². The average molecular weight is 341 g/mol. The zero-order chi connectivity index (χ0) is 17.8. The molecule has 0 aliphatic carbocycles. The lowest BCUT2D eigenvalue weighted by Gasteiger charge is -2.06. The van der Waals surface area contributed by atoms with Crippen LogP contribution in [0.15, 0.2) is 39.6 Å². The minimum Gasteiger partial charge on any atom is -0.497 e. The standard InChI is InChI=1S/C18H19N3O4/c1-11-7-14(21-25-11)9-17(22)19-6-5-13-8-12-3-4-15(24-2)10-16(12)20-18(13)23/h3-4,7-8,10H,5-6,9H2,1-2H3,(H,19,22)(H,20,23). The van der Waals surface area contributed by atoms with Crippen LogP contribution in [0.2, 0.25) is 0 Å². The molecule has 1 aromatic carbocycles. The Bertz CT molecular complexity index is 958. The van der Waals surface area contributed by atoms with Crippen LogP contribution in [0.3, 0.4) is 0 Å². The van der Waals surface area contributed by atoms with E-state index in [2.05, 4.69) is 15.5 Å². The molecule has 2 aromatic heterocycles. The monoisotopic (exact) mass is 341 g/mol. The van der Waals surface area contributed by atoms with Gasteiger partial charge in [0.25, 0.3) is 5.56 Å². The summed E-state index contributed by atoms with van der Waals surface area (Å²) in [5.41, 5.74) is 1.77. The molecule has 0 atom stereocenters. The fourth-order valence-electron chi connectivity index (χ4n) is 2.60. The van der Waals surface area contributed by atoms with Crippen LogP contribution in [0.25, 0.3) is 10.9 Å². The lowest BCUT2D eigenvalue weighted by Crippen LogP contribution is -2.28. The molecule has 25 heavy (non-hydrogen) atoms. The Balaban J connectivity index is 1.62. The fraction of sp³-hybridized carbons (Fsp3) is 0.278. The van der Waals surface area contributed by atoms with Crippen molar-refractivity contribution in [2.45, 2.75) is 19.8 Å². The molecule has 0 radical (unpaired) electrons. The molecular weight excluding hydrogens is 322 g/mol. The van der Waals surface area contributed by atoms with Crippen molar-refractivity contribution in [2.24, 2.45) is 0 Å². The minimum absolute atomic E-state index is 0.157. The van der Waals surface area contributed by atoms with Crippen molar-refractivity contribution in [1.82, 2.24) is 15.5 Å². The summed E-state index contributed by atoms with van der Waals surface area (Å²) < 4.78 is 10.1. The molecule has 0 unspecified atom stereocenters. The first-order chi connectivity index (χ1) is 12.0. The predicted octanol–water partition coefficient (Wildman–Crippen LogP) is 1.73. The van der Waals surface area contributed by atoms with Gasteiger partial charge in [-0.25, -0.2) is 0 Å². The Morgan fingerprint density at radius 1 is 1.32 bits per heavy atom. The topological polar surface area (TPSA) is 97.2 Å². The first-order valence-electron chi connectivity index (χ1n) is 7.94. The first-order valence-corrected chi connectivity index (χ1v) is 7.94. The Labute approximate surface area is 144 Å². The van der Waals surface area contributed by atoms with E-state index >= 15 is 0 Å². The summed E-state index contributed by atoms with van der Waals surface area (Å²) in [6.45, 7) is 2.15. The number of H-pyrrole nitrogens is 1. The quantitative estimate of drug-likeness (QED) is 0.712. The third kappa shape index (κ3) is 4.06. The van der Waals surface area contributed by atoms with Gasteiger partial charge in [-0.05, 0) is 36.9 Å². The first kappa shape index (κ1) is 16.8. The summed E-state index contributed by atoms with van der Waals surface area (Å²) in [5.74, 6) is 1.20. The van der Waals surface area contributed by atoms with Crippen molar-refractivity contribution in [2.75, 3.05) is 13.7 Å². The van der Waals surface area contributed by atoms with Gasteiger partial charge in [0.1, 0.15) is 11.5 Å². The van der Waals surface area contributed by atoms with E-state index in [1.54, 1.807) is 26.2 Å². The smallest absolute Gasteiger partial charge is 0.251 e. The number of nitrogens with zero attached hydrogens (tertiary/aromatic N) is 1. The van der Waals surface area contributed by atoms with Gasteiger partial charge >= 0.3 is 0 Å². The number of nitrogens with one attached hydrogen (secondary N) is 2. The number of hydrogen-bond donors (Lipinski definition) is 2. The van der Waals surface area contributed by atoms with Crippen LogP contribution in [0.4, 0.5) is 0 Å². The zero-order valence-corrected chi connectivity index (χ0v) is 14.1. The number of aromatic amines is 1. The Kier molecular flexibility index (Phi) is 4.83. The number of aromatic nitrogens is 2. The molecule has 130 valence electrons. The van der Waals surface area contributed by atoms with E-state index in [9.17, 15) is 9.59 Å². The summed E-state index contributed by atoms with van der Waals surface area (Å²) in [6.07, 6.45) is 0.603. The van der Waals surface area contributed by atoms with E-state index in [0.29, 0.717) is 35.7 Å².